The fraction of sp³-hybridized carbons (Fsp3) is 0.435. The standard InChI is InChI=1S/C23H31N3O4S/c1-30-20-10-8-19(9-11-20)22-5-3-2-4-16-26(22)17-23(27)25-15-14-18-6-12-21(13-7-18)31(24,28)29/h6-13,22H,2-5,14-17H2,1H3,(H,25,27)(H2,24,28,29). The molecule has 3 rings (SSSR count). The normalized spacial score (nSPS) is 17.7. The fourth-order valence-corrected chi connectivity index (χ4v) is 4.51. The van der Waals surface area contributed by atoms with Crippen molar-refractivity contribution in [1.82, 2.24) is 10.2 Å². The van der Waals surface area contributed by atoms with Gasteiger partial charge in [0.15, 0.2) is 0 Å². The number of sulfonamides is 1. The molecule has 2 aromatic rings. The predicted octanol–water partition coefficient (Wildman–Crippen LogP) is 2.62. The largest absolute Gasteiger partial charge is 0.497 e. The molecule has 1 unspecified atom stereocenters. The molecule has 1 fully saturated rings. The van der Waals surface area contributed by atoms with Crippen molar-refractivity contribution in [2.24, 2.45) is 5.14 Å². The Hall–Kier alpha value is -2.42. The summed E-state index contributed by atoms with van der Waals surface area (Å²) in [6.45, 7) is 1.76. The van der Waals surface area contributed by atoms with Crippen molar-refractivity contribution in [3.8, 4) is 5.75 Å². The maximum absolute atomic E-state index is 12.6. The molecule has 3 N–H and O–H groups in total. The SMILES string of the molecule is COc1ccc(C2CCCCCN2CC(=O)NCCc2ccc(S(N)(=O)=O)cc2)cc1. The number of amides is 1. The third-order valence-corrected chi connectivity index (χ3v) is 6.63. The van der Waals surface area contributed by atoms with Gasteiger partial charge in [0.1, 0.15) is 5.75 Å². The zero-order valence-electron chi connectivity index (χ0n) is 17.9. The molecular weight excluding hydrogens is 414 g/mol. The van der Waals surface area contributed by atoms with Crippen LogP contribution in [0.2, 0.25) is 0 Å². The topological polar surface area (TPSA) is 102 Å². The maximum Gasteiger partial charge on any atom is 0.238 e. The number of rotatable bonds is 8. The summed E-state index contributed by atoms with van der Waals surface area (Å²) in [5, 5.41) is 8.11. The van der Waals surface area contributed by atoms with Crippen molar-refractivity contribution >= 4 is 15.9 Å². The van der Waals surface area contributed by atoms with Gasteiger partial charge in [-0.25, -0.2) is 13.6 Å². The number of hydrogen-bond acceptors (Lipinski definition) is 5. The second kappa shape index (κ2) is 10.7. The number of carbonyl (C=O) groups excluding carboxylic acids is 1. The number of primary sulfonamides is 1. The van der Waals surface area contributed by atoms with Gasteiger partial charge >= 0.3 is 0 Å². The summed E-state index contributed by atoms with van der Waals surface area (Å²) in [5.74, 6) is 0.834. The number of carbonyl (C=O) groups is 1. The lowest BCUT2D eigenvalue weighted by molar-refractivity contribution is -0.122. The molecule has 8 heteroatoms. The molecule has 1 aliphatic rings. The minimum absolute atomic E-state index is 0.00145. The first-order chi connectivity index (χ1) is 14.9. The quantitative estimate of drug-likeness (QED) is 0.650. The lowest BCUT2D eigenvalue weighted by Crippen LogP contribution is -2.39. The lowest BCUT2D eigenvalue weighted by Gasteiger charge is -2.29. The van der Waals surface area contributed by atoms with E-state index >= 15 is 0 Å². The van der Waals surface area contributed by atoms with E-state index in [4.69, 9.17) is 9.88 Å². The Bertz CT molecular complexity index is 959. The summed E-state index contributed by atoms with van der Waals surface area (Å²) < 4.78 is 27.9. The second-order valence-electron chi connectivity index (χ2n) is 7.90. The lowest BCUT2D eigenvalue weighted by atomic mass is 10.0. The van der Waals surface area contributed by atoms with Crippen LogP contribution in [0.5, 0.6) is 5.75 Å². The van der Waals surface area contributed by atoms with Crippen molar-refractivity contribution < 1.29 is 17.9 Å². The zero-order chi connectivity index (χ0) is 22.3. The summed E-state index contributed by atoms with van der Waals surface area (Å²) in [6, 6.07) is 14.8. The molecule has 0 aliphatic carbocycles. The van der Waals surface area contributed by atoms with Crippen molar-refractivity contribution in [3.05, 3.63) is 59.7 Å². The minimum atomic E-state index is -3.69. The average Bonchev–Trinajstić information content (AvgIpc) is 2.99. The van der Waals surface area contributed by atoms with E-state index in [1.807, 2.05) is 12.1 Å². The highest BCUT2D eigenvalue weighted by Crippen LogP contribution is 2.30. The van der Waals surface area contributed by atoms with Gasteiger partial charge in [0.05, 0.1) is 18.6 Å². The number of ether oxygens (including phenoxy) is 1. The number of hydrogen-bond donors (Lipinski definition) is 2. The van der Waals surface area contributed by atoms with Crippen molar-refractivity contribution in [2.75, 3.05) is 26.7 Å². The molecule has 2 aromatic carbocycles. The molecule has 0 radical (unpaired) electrons. The summed E-state index contributed by atoms with van der Waals surface area (Å²) in [7, 11) is -2.03. The Morgan fingerprint density at radius 2 is 1.81 bits per heavy atom. The van der Waals surface area contributed by atoms with E-state index in [9.17, 15) is 13.2 Å². The molecule has 1 aliphatic heterocycles. The molecule has 0 spiro atoms. The van der Waals surface area contributed by atoms with E-state index < -0.39 is 10.0 Å². The molecule has 0 aromatic heterocycles. The molecule has 0 saturated carbocycles. The van der Waals surface area contributed by atoms with Crippen LogP contribution in [0, 0.1) is 0 Å². The van der Waals surface area contributed by atoms with E-state index in [-0.39, 0.29) is 16.8 Å². The minimum Gasteiger partial charge on any atom is -0.497 e. The van der Waals surface area contributed by atoms with Crippen molar-refractivity contribution in [3.63, 3.8) is 0 Å². The van der Waals surface area contributed by atoms with Gasteiger partial charge in [-0.1, -0.05) is 37.1 Å². The Labute approximate surface area is 184 Å². The summed E-state index contributed by atoms with van der Waals surface area (Å²) in [4.78, 5) is 15.0. The van der Waals surface area contributed by atoms with Crippen molar-refractivity contribution in [1.29, 1.82) is 0 Å². The van der Waals surface area contributed by atoms with Gasteiger partial charge in [-0.15, -0.1) is 0 Å². The van der Waals surface area contributed by atoms with E-state index in [0.29, 0.717) is 19.5 Å². The number of nitrogens with two attached hydrogens (primary N) is 1. The van der Waals surface area contributed by atoms with Gasteiger partial charge in [-0.3, -0.25) is 9.69 Å². The second-order valence-corrected chi connectivity index (χ2v) is 9.46. The number of nitrogens with zero attached hydrogens (tertiary/aromatic N) is 1. The summed E-state index contributed by atoms with van der Waals surface area (Å²) in [5.41, 5.74) is 2.16. The number of benzene rings is 2. The Morgan fingerprint density at radius 1 is 1.10 bits per heavy atom. The van der Waals surface area contributed by atoms with Gasteiger partial charge < -0.3 is 10.1 Å². The zero-order valence-corrected chi connectivity index (χ0v) is 18.7. The first-order valence-corrected chi connectivity index (χ1v) is 12.2. The molecule has 1 amide bonds. The van der Waals surface area contributed by atoms with Crippen LogP contribution >= 0.6 is 0 Å². The molecular formula is C23H31N3O4S. The maximum atomic E-state index is 12.6. The van der Waals surface area contributed by atoms with Gasteiger partial charge in [-0.2, -0.15) is 0 Å². The highest BCUT2D eigenvalue weighted by molar-refractivity contribution is 7.89. The molecule has 168 valence electrons. The van der Waals surface area contributed by atoms with E-state index in [0.717, 1.165) is 37.1 Å². The molecule has 0 bridgehead atoms. The Kier molecular flexibility index (Phi) is 8.06. The van der Waals surface area contributed by atoms with Crippen LogP contribution in [0.15, 0.2) is 53.4 Å². The Morgan fingerprint density at radius 3 is 2.45 bits per heavy atom. The molecule has 7 nitrogen and oxygen atoms in total. The van der Waals surface area contributed by atoms with E-state index in [2.05, 4.69) is 22.3 Å². The predicted molar refractivity (Wildman–Crippen MR) is 120 cm³/mol. The van der Waals surface area contributed by atoms with Gasteiger partial charge in [-0.05, 0) is 61.2 Å². The van der Waals surface area contributed by atoms with Gasteiger partial charge in [0, 0.05) is 12.6 Å². The smallest absolute Gasteiger partial charge is 0.238 e. The summed E-state index contributed by atoms with van der Waals surface area (Å²) >= 11 is 0. The number of methoxy groups -OCH3 is 1. The van der Waals surface area contributed by atoms with Crippen LogP contribution < -0.4 is 15.2 Å². The van der Waals surface area contributed by atoms with Crippen LogP contribution in [-0.4, -0.2) is 46.0 Å². The fourth-order valence-electron chi connectivity index (χ4n) is 3.99. The highest BCUT2D eigenvalue weighted by atomic mass is 32.2. The van der Waals surface area contributed by atoms with Gasteiger partial charge in [0.2, 0.25) is 15.9 Å². The Balaban J connectivity index is 1.54. The van der Waals surface area contributed by atoms with Gasteiger partial charge in [0.25, 0.3) is 0 Å². The monoisotopic (exact) mass is 445 g/mol. The van der Waals surface area contributed by atoms with Crippen LogP contribution in [0.4, 0.5) is 0 Å². The molecule has 1 heterocycles. The molecule has 31 heavy (non-hydrogen) atoms. The third kappa shape index (κ3) is 6.78. The van der Waals surface area contributed by atoms with E-state index in [1.165, 1.54) is 24.1 Å². The molecule has 1 atom stereocenters. The van der Waals surface area contributed by atoms with Crippen LogP contribution in [0.1, 0.15) is 42.9 Å². The van der Waals surface area contributed by atoms with E-state index in [1.54, 1.807) is 19.2 Å². The van der Waals surface area contributed by atoms with Crippen LogP contribution in [-0.2, 0) is 21.2 Å². The van der Waals surface area contributed by atoms with Crippen molar-refractivity contribution in [2.45, 2.75) is 43.0 Å². The number of nitrogens with one attached hydrogen (secondary N) is 1. The van der Waals surface area contributed by atoms with Crippen LogP contribution in [0.25, 0.3) is 0 Å². The first kappa shape index (κ1) is 23.2. The molecule has 1 saturated heterocycles. The highest BCUT2D eigenvalue weighted by Gasteiger charge is 2.24. The summed E-state index contributed by atoms with van der Waals surface area (Å²) in [6.07, 6.45) is 5.09. The first-order valence-electron chi connectivity index (χ1n) is 10.6. The third-order valence-electron chi connectivity index (χ3n) is 5.70. The average molecular weight is 446 g/mol. The number of likely N-dealkylation sites (tertiary alicyclic amines) is 1. The van der Waals surface area contributed by atoms with Crippen LogP contribution in [0.3, 0.4) is 0 Å².